The first kappa shape index (κ1) is 31.6. The van der Waals surface area contributed by atoms with Crippen molar-refractivity contribution in [1.29, 1.82) is 0 Å². The molecular formula is C33H40ClN3O4S. The minimum absolute atomic E-state index is 0.0747. The predicted octanol–water partition coefficient (Wildman–Crippen LogP) is 5.98. The quantitative estimate of drug-likeness (QED) is 0.258. The van der Waals surface area contributed by atoms with Crippen LogP contribution in [0.15, 0.2) is 84.9 Å². The van der Waals surface area contributed by atoms with Crippen LogP contribution in [0.1, 0.15) is 56.1 Å². The number of rotatable bonds is 13. The van der Waals surface area contributed by atoms with E-state index >= 15 is 0 Å². The molecule has 1 atom stereocenters. The van der Waals surface area contributed by atoms with Crippen molar-refractivity contribution in [2.45, 2.75) is 70.0 Å². The minimum Gasteiger partial charge on any atom is -0.352 e. The molecule has 1 aliphatic rings. The molecular weight excluding hydrogens is 570 g/mol. The van der Waals surface area contributed by atoms with E-state index in [-0.39, 0.29) is 37.4 Å². The number of nitrogens with zero attached hydrogens (tertiary/aromatic N) is 2. The number of amides is 2. The molecule has 9 heteroatoms. The number of benzene rings is 3. The number of carbonyl (C=O) groups excluding carboxylic acids is 2. The van der Waals surface area contributed by atoms with Crippen LogP contribution in [0.25, 0.3) is 0 Å². The summed E-state index contributed by atoms with van der Waals surface area (Å²) >= 11 is 6.53. The van der Waals surface area contributed by atoms with E-state index in [2.05, 4.69) is 5.32 Å². The zero-order chi connectivity index (χ0) is 30.0. The topological polar surface area (TPSA) is 86.8 Å². The second-order valence-corrected chi connectivity index (χ2v) is 13.3. The van der Waals surface area contributed by atoms with Gasteiger partial charge in [0, 0.05) is 37.0 Å². The number of anilines is 1. The highest BCUT2D eigenvalue weighted by Gasteiger charge is 2.32. The van der Waals surface area contributed by atoms with Crippen LogP contribution in [0, 0.1) is 0 Å². The van der Waals surface area contributed by atoms with E-state index in [1.165, 1.54) is 10.7 Å². The van der Waals surface area contributed by atoms with Crippen molar-refractivity contribution >= 4 is 39.1 Å². The van der Waals surface area contributed by atoms with Crippen LogP contribution >= 0.6 is 11.6 Å². The van der Waals surface area contributed by atoms with Crippen LogP contribution in [-0.2, 0) is 32.6 Å². The molecule has 1 fully saturated rings. The first-order chi connectivity index (χ1) is 20.2. The molecule has 1 saturated carbocycles. The number of halogens is 1. The van der Waals surface area contributed by atoms with Crippen molar-refractivity contribution in [1.82, 2.24) is 10.2 Å². The molecule has 42 heavy (non-hydrogen) atoms. The average Bonchev–Trinajstić information content (AvgIpc) is 2.98. The van der Waals surface area contributed by atoms with Crippen LogP contribution in [-0.4, -0.2) is 50.0 Å². The van der Waals surface area contributed by atoms with Crippen molar-refractivity contribution in [3.63, 3.8) is 0 Å². The summed E-state index contributed by atoms with van der Waals surface area (Å²) in [4.78, 5) is 29.5. The summed E-state index contributed by atoms with van der Waals surface area (Å²) in [5.41, 5.74) is 2.25. The molecule has 0 spiro atoms. The Kier molecular flexibility index (Phi) is 11.4. The number of para-hydroxylation sites is 1. The smallest absolute Gasteiger partial charge is 0.243 e. The fourth-order valence-corrected chi connectivity index (χ4v) is 6.67. The highest BCUT2D eigenvalue weighted by molar-refractivity contribution is 7.92. The highest BCUT2D eigenvalue weighted by Crippen LogP contribution is 2.24. The predicted molar refractivity (Wildman–Crippen MR) is 169 cm³/mol. The SMILES string of the molecule is CS(=O)(=O)N(CCCC(=O)N(Cc1ccccc1Cl)C(Cc1ccccc1)C(=O)NC1CCCCC1)c1ccccc1. The first-order valence-electron chi connectivity index (χ1n) is 14.6. The lowest BCUT2D eigenvalue weighted by molar-refractivity contribution is -0.141. The van der Waals surface area contributed by atoms with E-state index in [0.717, 1.165) is 43.1 Å². The lowest BCUT2D eigenvalue weighted by Crippen LogP contribution is -2.53. The lowest BCUT2D eigenvalue weighted by atomic mass is 9.94. The fourth-order valence-electron chi connectivity index (χ4n) is 5.51. The van der Waals surface area contributed by atoms with Crippen molar-refractivity contribution in [3.05, 3.63) is 101 Å². The van der Waals surface area contributed by atoms with Gasteiger partial charge in [-0.1, -0.05) is 97.6 Å². The Hall–Kier alpha value is -3.36. The Bertz CT molecular complexity index is 1410. The summed E-state index contributed by atoms with van der Waals surface area (Å²) in [5.74, 6) is -0.399. The van der Waals surface area contributed by atoms with Crippen LogP contribution in [0.4, 0.5) is 5.69 Å². The van der Waals surface area contributed by atoms with Crippen LogP contribution in [0.3, 0.4) is 0 Å². The lowest BCUT2D eigenvalue weighted by Gasteiger charge is -2.34. The van der Waals surface area contributed by atoms with E-state index < -0.39 is 16.1 Å². The normalized spacial score (nSPS) is 14.6. The Labute approximate surface area is 254 Å². The molecule has 3 aromatic carbocycles. The summed E-state index contributed by atoms with van der Waals surface area (Å²) in [7, 11) is -3.55. The number of carbonyl (C=O) groups is 2. The molecule has 0 heterocycles. The molecule has 1 unspecified atom stereocenters. The van der Waals surface area contributed by atoms with Gasteiger partial charge in [0.05, 0.1) is 11.9 Å². The van der Waals surface area contributed by atoms with Gasteiger partial charge in [-0.15, -0.1) is 0 Å². The zero-order valence-corrected chi connectivity index (χ0v) is 25.7. The first-order valence-corrected chi connectivity index (χ1v) is 16.8. The number of hydrogen-bond donors (Lipinski definition) is 1. The van der Waals surface area contributed by atoms with Gasteiger partial charge in [-0.3, -0.25) is 13.9 Å². The van der Waals surface area contributed by atoms with Crippen molar-refractivity contribution in [2.75, 3.05) is 17.1 Å². The molecule has 4 rings (SSSR count). The second kappa shape index (κ2) is 15.2. The molecule has 0 saturated heterocycles. The van der Waals surface area contributed by atoms with Crippen molar-refractivity contribution < 1.29 is 18.0 Å². The summed E-state index contributed by atoms with van der Waals surface area (Å²) in [6, 6.07) is 25.2. The van der Waals surface area contributed by atoms with Gasteiger partial charge in [-0.05, 0) is 48.6 Å². The monoisotopic (exact) mass is 609 g/mol. The Balaban J connectivity index is 1.59. The van der Waals surface area contributed by atoms with E-state index in [1.54, 1.807) is 35.2 Å². The van der Waals surface area contributed by atoms with Crippen molar-refractivity contribution in [3.8, 4) is 0 Å². The Morgan fingerprint density at radius 3 is 2.17 bits per heavy atom. The zero-order valence-electron chi connectivity index (χ0n) is 24.1. The molecule has 2 amide bonds. The highest BCUT2D eigenvalue weighted by atomic mass is 35.5. The van der Waals surface area contributed by atoms with E-state index in [9.17, 15) is 18.0 Å². The van der Waals surface area contributed by atoms with Gasteiger partial charge in [-0.25, -0.2) is 8.42 Å². The molecule has 0 aromatic heterocycles. The largest absolute Gasteiger partial charge is 0.352 e. The van der Waals surface area contributed by atoms with Crippen LogP contribution in [0.2, 0.25) is 5.02 Å². The van der Waals surface area contributed by atoms with Gasteiger partial charge in [0.15, 0.2) is 0 Å². The van der Waals surface area contributed by atoms with E-state index in [1.807, 2.05) is 54.6 Å². The molecule has 224 valence electrons. The third-order valence-electron chi connectivity index (χ3n) is 7.72. The number of hydrogen-bond acceptors (Lipinski definition) is 4. The molecule has 1 N–H and O–H groups in total. The average molecular weight is 610 g/mol. The minimum atomic E-state index is -3.55. The van der Waals surface area contributed by atoms with Gasteiger partial charge in [0.2, 0.25) is 21.8 Å². The standard InChI is InChI=1S/C33H40ClN3O4S/c1-42(40,41)37(29-19-9-4-10-20-29)23-13-22-32(38)36(25-27-16-11-12-21-30(27)34)31(24-26-14-5-2-6-15-26)33(39)35-28-17-7-3-8-18-28/h2,4-6,9-12,14-16,19-21,28,31H,3,7-8,13,17-18,22-25H2,1H3,(H,35,39). The van der Waals surface area contributed by atoms with Gasteiger partial charge in [0.1, 0.15) is 6.04 Å². The molecule has 3 aromatic rings. The molecule has 1 aliphatic carbocycles. The fraction of sp³-hybridized carbons (Fsp3) is 0.394. The third-order valence-corrected chi connectivity index (χ3v) is 9.28. The molecule has 7 nitrogen and oxygen atoms in total. The summed E-state index contributed by atoms with van der Waals surface area (Å²) < 4.78 is 26.5. The van der Waals surface area contributed by atoms with Gasteiger partial charge < -0.3 is 10.2 Å². The molecule has 0 aliphatic heterocycles. The maximum atomic E-state index is 14.0. The number of sulfonamides is 1. The van der Waals surface area contributed by atoms with Crippen LogP contribution < -0.4 is 9.62 Å². The third kappa shape index (κ3) is 9.07. The van der Waals surface area contributed by atoms with Gasteiger partial charge in [0.25, 0.3) is 0 Å². The van der Waals surface area contributed by atoms with Crippen LogP contribution in [0.5, 0.6) is 0 Å². The Morgan fingerprint density at radius 2 is 1.52 bits per heavy atom. The maximum absolute atomic E-state index is 14.0. The van der Waals surface area contributed by atoms with E-state index in [4.69, 9.17) is 11.6 Å². The summed E-state index contributed by atoms with van der Waals surface area (Å²) in [5, 5.41) is 3.76. The van der Waals surface area contributed by atoms with E-state index in [0.29, 0.717) is 23.6 Å². The molecule has 0 bridgehead atoms. The molecule has 0 radical (unpaired) electrons. The second-order valence-electron chi connectivity index (χ2n) is 10.9. The van der Waals surface area contributed by atoms with Gasteiger partial charge >= 0.3 is 0 Å². The van der Waals surface area contributed by atoms with Gasteiger partial charge in [-0.2, -0.15) is 0 Å². The summed E-state index contributed by atoms with van der Waals surface area (Å²) in [6.07, 6.45) is 7.08. The maximum Gasteiger partial charge on any atom is 0.243 e. The number of nitrogens with one attached hydrogen (secondary N) is 1. The summed E-state index contributed by atoms with van der Waals surface area (Å²) in [6.45, 7) is 0.314. The van der Waals surface area contributed by atoms with Crippen molar-refractivity contribution in [2.24, 2.45) is 0 Å². The Morgan fingerprint density at radius 1 is 0.905 bits per heavy atom.